The monoisotopic (exact) mass is 321 g/mol. The summed E-state index contributed by atoms with van der Waals surface area (Å²) in [5.74, 6) is 2.30. The predicted molar refractivity (Wildman–Crippen MR) is 89.1 cm³/mol. The minimum Gasteiger partial charge on any atom is -0.379 e. The van der Waals surface area contributed by atoms with Gasteiger partial charge in [-0.05, 0) is 37.1 Å². The third kappa shape index (κ3) is 3.08. The molecule has 3 heterocycles. The van der Waals surface area contributed by atoms with Gasteiger partial charge in [0.1, 0.15) is 5.82 Å². The Morgan fingerprint density at radius 3 is 2.82 bits per heavy atom. The SMILES string of the molecule is CN(C(=O)C1(O)CCSC1)C1CCN(c2ccccn2)CC1. The molecule has 3 rings (SSSR count). The predicted octanol–water partition coefficient (Wildman–Crippen LogP) is 1.38. The zero-order valence-electron chi connectivity index (χ0n) is 12.9. The van der Waals surface area contributed by atoms with Crippen LogP contribution in [0.5, 0.6) is 0 Å². The van der Waals surface area contributed by atoms with Crippen molar-refractivity contribution < 1.29 is 9.90 Å². The molecular formula is C16H23N3O2S. The Kier molecular flexibility index (Phi) is 4.59. The van der Waals surface area contributed by atoms with Crippen molar-refractivity contribution in [2.45, 2.75) is 30.9 Å². The van der Waals surface area contributed by atoms with Gasteiger partial charge in [-0.15, -0.1) is 0 Å². The summed E-state index contributed by atoms with van der Waals surface area (Å²) in [6.45, 7) is 1.79. The van der Waals surface area contributed by atoms with Crippen molar-refractivity contribution in [1.82, 2.24) is 9.88 Å². The molecular weight excluding hydrogens is 298 g/mol. The average molecular weight is 321 g/mol. The summed E-state index contributed by atoms with van der Waals surface area (Å²) >= 11 is 1.66. The summed E-state index contributed by atoms with van der Waals surface area (Å²) in [4.78, 5) is 21.0. The van der Waals surface area contributed by atoms with Crippen LogP contribution < -0.4 is 4.90 Å². The number of nitrogens with zero attached hydrogens (tertiary/aromatic N) is 3. The Balaban J connectivity index is 1.58. The van der Waals surface area contributed by atoms with Crippen LogP contribution >= 0.6 is 11.8 Å². The van der Waals surface area contributed by atoms with Crippen molar-refractivity contribution in [3.8, 4) is 0 Å². The van der Waals surface area contributed by atoms with Crippen LogP contribution in [0.15, 0.2) is 24.4 Å². The zero-order chi connectivity index (χ0) is 15.6. The fraction of sp³-hybridized carbons (Fsp3) is 0.625. The molecule has 22 heavy (non-hydrogen) atoms. The van der Waals surface area contributed by atoms with Gasteiger partial charge in [-0.2, -0.15) is 11.8 Å². The van der Waals surface area contributed by atoms with E-state index in [4.69, 9.17) is 0 Å². The standard InChI is InChI=1S/C16H23N3O2S/c1-18(15(20)16(21)7-11-22-12-16)13-5-9-19(10-6-13)14-4-2-3-8-17-14/h2-4,8,13,21H,5-7,9-12H2,1H3. The minimum atomic E-state index is -1.14. The number of hydrogen-bond acceptors (Lipinski definition) is 5. The molecule has 2 aliphatic heterocycles. The average Bonchev–Trinajstić information content (AvgIpc) is 3.02. The van der Waals surface area contributed by atoms with Crippen LogP contribution in [0.4, 0.5) is 5.82 Å². The van der Waals surface area contributed by atoms with Crippen molar-refractivity contribution >= 4 is 23.5 Å². The number of rotatable bonds is 3. The molecule has 2 fully saturated rings. The molecule has 1 unspecified atom stereocenters. The molecule has 1 aromatic heterocycles. The lowest BCUT2D eigenvalue weighted by molar-refractivity contribution is -0.149. The van der Waals surface area contributed by atoms with Gasteiger partial charge in [-0.3, -0.25) is 4.79 Å². The van der Waals surface area contributed by atoms with E-state index in [1.54, 1.807) is 16.7 Å². The molecule has 1 aromatic rings. The molecule has 0 saturated carbocycles. The van der Waals surface area contributed by atoms with E-state index in [0.29, 0.717) is 12.2 Å². The van der Waals surface area contributed by atoms with Gasteiger partial charge >= 0.3 is 0 Å². The van der Waals surface area contributed by atoms with Crippen molar-refractivity contribution in [1.29, 1.82) is 0 Å². The first-order valence-electron chi connectivity index (χ1n) is 7.83. The van der Waals surface area contributed by atoms with Crippen LogP contribution in [0.3, 0.4) is 0 Å². The summed E-state index contributed by atoms with van der Waals surface area (Å²) < 4.78 is 0. The Morgan fingerprint density at radius 1 is 1.45 bits per heavy atom. The Bertz CT molecular complexity index is 511. The number of pyridine rings is 1. The molecule has 2 saturated heterocycles. The van der Waals surface area contributed by atoms with E-state index >= 15 is 0 Å². The molecule has 1 amide bonds. The normalized spacial score (nSPS) is 26.2. The molecule has 6 heteroatoms. The second kappa shape index (κ2) is 6.46. The molecule has 0 aromatic carbocycles. The topological polar surface area (TPSA) is 56.7 Å². The minimum absolute atomic E-state index is 0.103. The summed E-state index contributed by atoms with van der Waals surface area (Å²) in [7, 11) is 1.84. The van der Waals surface area contributed by atoms with Gasteiger partial charge < -0.3 is 14.9 Å². The van der Waals surface area contributed by atoms with Crippen molar-refractivity contribution in [3.05, 3.63) is 24.4 Å². The third-order valence-corrected chi connectivity index (χ3v) is 5.88. The first kappa shape index (κ1) is 15.6. The van der Waals surface area contributed by atoms with E-state index in [1.807, 2.05) is 31.4 Å². The molecule has 0 spiro atoms. The quantitative estimate of drug-likeness (QED) is 0.911. The number of likely N-dealkylation sites (N-methyl/N-ethyl adjacent to an activating group) is 1. The van der Waals surface area contributed by atoms with E-state index < -0.39 is 5.60 Å². The maximum atomic E-state index is 12.6. The highest BCUT2D eigenvalue weighted by molar-refractivity contribution is 7.99. The number of anilines is 1. The van der Waals surface area contributed by atoms with E-state index in [-0.39, 0.29) is 11.9 Å². The molecule has 0 radical (unpaired) electrons. The van der Waals surface area contributed by atoms with Crippen molar-refractivity contribution in [2.24, 2.45) is 0 Å². The number of piperidine rings is 1. The van der Waals surface area contributed by atoms with Gasteiger partial charge in [0, 0.05) is 38.1 Å². The van der Waals surface area contributed by atoms with Crippen molar-refractivity contribution in [3.63, 3.8) is 0 Å². The third-order valence-electron chi connectivity index (χ3n) is 4.70. The molecule has 1 atom stereocenters. The fourth-order valence-corrected chi connectivity index (χ4v) is 4.47. The summed E-state index contributed by atoms with van der Waals surface area (Å²) in [5, 5.41) is 10.5. The van der Waals surface area contributed by atoms with Gasteiger partial charge in [0.25, 0.3) is 5.91 Å². The molecule has 1 N–H and O–H groups in total. The lowest BCUT2D eigenvalue weighted by Gasteiger charge is -2.39. The van der Waals surface area contributed by atoms with Gasteiger partial charge in [-0.1, -0.05) is 6.07 Å². The molecule has 5 nitrogen and oxygen atoms in total. The van der Waals surface area contributed by atoms with E-state index in [0.717, 1.165) is 37.5 Å². The summed E-state index contributed by atoms with van der Waals surface area (Å²) in [5.41, 5.74) is -1.14. The lowest BCUT2D eigenvalue weighted by atomic mass is 9.98. The highest BCUT2D eigenvalue weighted by Crippen LogP contribution is 2.31. The summed E-state index contributed by atoms with van der Waals surface area (Å²) in [6.07, 6.45) is 4.22. The Morgan fingerprint density at radius 2 is 2.23 bits per heavy atom. The largest absolute Gasteiger partial charge is 0.379 e. The number of carbonyl (C=O) groups is 1. The van der Waals surface area contributed by atoms with Gasteiger partial charge in [0.15, 0.2) is 5.60 Å². The van der Waals surface area contributed by atoms with Gasteiger partial charge in [0.2, 0.25) is 0 Å². The fourth-order valence-electron chi connectivity index (χ4n) is 3.24. The maximum absolute atomic E-state index is 12.6. The van der Waals surface area contributed by atoms with Gasteiger partial charge in [-0.25, -0.2) is 4.98 Å². The summed E-state index contributed by atoms with van der Waals surface area (Å²) in [6, 6.07) is 6.15. The van der Waals surface area contributed by atoms with Crippen LogP contribution in [0.1, 0.15) is 19.3 Å². The second-order valence-corrected chi connectivity index (χ2v) is 7.26. The molecule has 0 aliphatic carbocycles. The van der Waals surface area contributed by atoms with E-state index in [9.17, 15) is 9.90 Å². The smallest absolute Gasteiger partial charge is 0.255 e. The molecule has 0 bridgehead atoms. The second-order valence-electron chi connectivity index (χ2n) is 6.16. The maximum Gasteiger partial charge on any atom is 0.255 e. The first-order valence-corrected chi connectivity index (χ1v) is 8.99. The first-order chi connectivity index (χ1) is 10.6. The number of aromatic nitrogens is 1. The number of amides is 1. The van der Waals surface area contributed by atoms with Gasteiger partial charge in [0.05, 0.1) is 0 Å². The van der Waals surface area contributed by atoms with Crippen LogP contribution in [0.2, 0.25) is 0 Å². The van der Waals surface area contributed by atoms with Crippen LogP contribution in [0, 0.1) is 0 Å². The number of carbonyl (C=O) groups excluding carboxylic acids is 1. The van der Waals surface area contributed by atoms with Crippen LogP contribution in [0.25, 0.3) is 0 Å². The number of hydrogen-bond donors (Lipinski definition) is 1. The van der Waals surface area contributed by atoms with E-state index in [1.165, 1.54) is 0 Å². The highest BCUT2D eigenvalue weighted by atomic mass is 32.2. The lowest BCUT2D eigenvalue weighted by Crippen LogP contribution is -2.53. The molecule has 120 valence electrons. The molecule has 2 aliphatic rings. The van der Waals surface area contributed by atoms with Crippen LogP contribution in [-0.2, 0) is 4.79 Å². The Labute approximate surface area is 135 Å². The number of thioether (sulfide) groups is 1. The van der Waals surface area contributed by atoms with Crippen LogP contribution in [-0.4, -0.2) is 64.2 Å². The zero-order valence-corrected chi connectivity index (χ0v) is 13.8. The van der Waals surface area contributed by atoms with E-state index in [2.05, 4.69) is 9.88 Å². The van der Waals surface area contributed by atoms with Crippen molar-refractivity contribution in [2.75, 3.05) is 36.5 Å². The number of aliphatic hydroxyl groups is 1. The Hall–Kier alpha value is -1.27. The highest BCUT2D eigenvalue weighted by Gasteiger charge is 2.43.